The van der Waals surface area contributed by atoms with E-state index in [-0.39, 0.29) is 36.0 Å². The minimum Gasteiger partial charge on any atom is -0.444 e. The molecular weight excluding hydrogens is 683 g/mol. The quantitative estimate of drug-likeness (QED) is 0.0968. The average Bonchev–Trinajstić information content (AvgIpc) is 3.03. The zero-order valence-corrected chi connectivity index (χ0v) is 34.2. The maximum absolute atomic E-state index is 13.8. The first-order chi connectivity index (χ1) is 24.2. The van der Waals surface area contributed by atoms with Crippen LogP contribution in [0.1, 0.15) is 107 Å². The van der Waals surface area contributed by atoms with Crippen molar-refractivity contribution in [3.63, 3.8) is 0 Å². The molecule has 1 aromatic carbocycles. The van der Waals surface area contributed by atoms with Crippen LogP contribution in [0.2, 0.25) is 0 Å². The van der Waals surface area contributed by atoms with Crippen LogP contribution in [0, 0.1) is 23.7 Å². The van der Waals surface area contributed by atoms with Crippen molar-refractivity contribution in [3.8, 4) is 0 Å². The van der Waals surface area contributed by atoms with E-state index >= 15 is 0 Å². The van der Waals surface area contributed by atoms with Gasteiger partial charge in [0.2, 0.25) is 23.6 Å². The normalized spacial score (nSPS) is 15.2. The smallest absolute Gasteiger partial charge is 0.408 e. The Morgan fingerprint density at radius 3 is 1.73 bits per heavy atom. The summed E-state index contributed by atoms with van der Waals surface area (Å²) in [6.45, 7) is 19.0. The second kappa shape index (κ2) is 23.4. The maximum Gasteiger partial charge on any atom is 0.408 e. The van der Waals surface area contributed by atoms with E-state index in [1.165, 1.54) is 11.8 Å². The van der Waals surface area contributed by atoms with E-state index in [4.69, 9.17) is 4.74 Å². The predicted molar refractivity (Wildman–Crippen MR) is 208 cm³/mol. The van der Waals surface area contributed by atoms with Crippen molar-refractivity contribution in [2.75, 3.05) is 12.0 Å². The van der Waals surface area contributed by atoms with Gasteiger partial charge >= 0.3 is 6.09 Å². The molecule has 0 saturated carbocycles. The van der Waals surface area contributed by atoms with Gasteiger partial charge in [-0.3, -0.25) is 19.2 Å². The molecule has 0 aliphatic heterocycles. The number of carbonyl (C=O) groups is 5. The lowest BCUT2D eigenvalue weighted by atomic mass is 9.91. The predicted octanol–water partition coefficient (Wildman–Crippen LogP) is 4.93. The Labute approximate surface area is 316 Å². The van der Waals surface area contributed by atoms with Gasteiger partial charge in [-0.1, -0.05) is 78.8 Å². The van der Waals surface area contributed by atoms with E-state index in [0.717, 1.165) is 5.56 Å². The topological polar surface area (TPSA) is 175 Å². The highest BCUT2D eigenvalue weighted by Gasteiger charge is 2.33. The first-order valence-electron chi connectivity index (χ1n) is 18.6. The fourth-order valence-electron chi connectivity index (χ4n) is 5.59. The van der Waals surface area contributed by atoms with Crippen LogP contribution in [0.4, 0.5) is 4.79 Å². The Morgan fingerprint density at radius 1 is 0.692 bits per heavy atom. The van der Waals surface area contributed by atoms with Gasteiger partial charge in [-0.05, 0) is 88.2 Å². The van der Waals surface area contributed by atoms with Crippen LogP contribution in [0.3, 0.4) is 0 Å². The fourth-order valence-corrected chi connectivity index (χ4v) is 6.06. The largest absolute Gasteiger partial charge is 0.444 e. The van der Waals surface area contributed by atoms with Gasteiger partial charge in [0.05, 0.1) is 12.1 Å². The monoisotopic (exact) mass is 749 g/mol. The summed E-state index contributed by atoms with van der Waals surface area (Å²) in [5.41, 5.74) is 0.199. The van der Waals surface area contributed by atoms with E-state index in [1.54, 1.807) is 27.7 Å². The molecular formula is C39H67N5O7S. The van der Waals surface area contributed by atoms with Crippen molar-refractivity contribution in [2.24, 2.45) is 23.7 Å². The Morgan fingerprint density at radius 2 is 1.21 bits per heavy atom. The summed E-state index contributed by atoms with van der Waals surface area (Å²) in [6, 6.07) is 6.23. The van der Waals surface area contributed by atoms with Gasteiger partial charge in [0, 0.05) is 12.5 Å². The zero-order valence-electron chi connectivity index (χ0n) is 33.3. The number of thioether (sulfide) groups is 1. The Balaban J connectivity index is 3.05. The third-order valence-corrected chi connectivity index (χ3v) is 8.81. The lowest BCUT2D eigenvalue weighted by Gasteiger charge is -2.30. The number of aliphatic hydroxyl groups excluding tert-OH is 1. The summed E-state index contributed by atoms with van der Waals surface area (Å²) >= 11 is 1.53. The lowest BCUT2D eigenvalue weighted by Crippen LogP contribution is -2.57. The van der Waals surface area contributed by atoms with Gasteiger partial charge in [-0.15, -0.1) is 0 Å². The number of hydrogen-bond acceptors (Lipinski definition) is 8. The molecule has 52 heavy (non-hydrogen) atoms. The molecule has 13 heteroatoms. The zero-order chi connectivity index (χ0) is 39.6. The van der Waals surface area contributed by atoms with E-state index in [0.29, 0.717) is 38.0 Å². The summed E-state index contributed by atoms with van der Waals surface area (Å²) < 4.78 is 5.37. The molecule has 0 bridgehead atoms. The van der Waals surface area contributed by atoms with Gasteiger partial charge in [0.25, 0.3) is 0 Å². The number of amides is 5. The number of nitrogens with one attached hydrogen (secondary N) is 5. The molecule has 6 N–H and O–H groups in total. The standard InChI is InChI=1S/C39H67N5O7S/c1-24(2)19-30(33(45)22-27(7)34(46)43-31(20-25(3)4)35(47)40-23-28-15-13-12-14-16-28)42-36(48)29(17-18-52-11)41-37(49)32(21-26(5)6)44-38(50)51-39(8,9)10/h12-16,24-27,29-33,45H,17-23H2,1-11H3,(H,40,47)(H,41,49)(H,42,48)(H,43,46)(H,44,50)/t27-,29-,30+,31+,32+,33+/m1/s1. The van der Waals surface area contributed by atoms with Crippen LogP contribution in [0.25, 0.3) is 0 Å². The summed E-state index contributed by atoms with van der Waals surface area (Å²) in [5, 5.41) is 25.7. The molecule has 6 atom stereocenters. The number of hydrogen-bond donors (Lipinski definition) is 6. The van der Waals surface area contributed by atoms with Crippen molar-refractivity contribution in [2.45, 2.75) is 144 Å². The highest BCUT2D eigenvalue weighted by Crippen LogP contribution is 2.18. The second-order valence-electron chi connectivity index (χ2n) is 16.0. The number of benzene rings is 1. The first kappa shape index (κ1) is 46.7. The highest BCUT2D eigenvalue weighted by atomic mass is 32.2. The molecule has 0 radical (unpaired) electrons. The van der Waals surface area contributed by atoms with Crippen molar-refractivity contribution < 1.29 is 33.8 Å². The number of aliphatic hydroxyl groups is 1. The second-order valence-corrected chi connectivity index (χ2v) is 17.0. The van der Waals surface area contributed by atoms with Crippen molar-refractivity contribution >= 4 is 41.5 Å². The summed E-state index contributed by atoms with van der Waals surface area (Å²) in [6.07, 6.45) is 1.68. The molecule has 12 nitrogen and oxygen atoms in total. The molecule has 0 aliphatic rings. The van der Waals surface area contributed by atoms with Crippen molar-refractivity contribution in [1.82, 2.24) is 26.6 Å². The van der Waals surface area contributed by atoms with Gasteiger partial charge in [-0.2, -0.15) is 11.8 Å². The maximum atomic E-state index is 13.8. The van der Waals surface area contributed by atoms with Gasteiger partial charge < -0.3 is 36.4 Å². The minimum absolute atomic E-state index is 0.0433. The molecule has 296 valence electrons. The molecule has 0 fully saturated rings. The molecule has 1 aromatic rings. The minimum atomic E-state index is -1.08. The summed E-state index contributed by atoms with van der Waals surface area (Å²) in [7, 11) is 0. The third kappa shape index (κ3) is 19.5. The Bertz CT molecular complexity index is 1260. The van der Waals surface area contributed by atoms with Gasteiger partial charge in [0.1, 0.15) is 23.7 Å². The third-order valence-electron chi connectivity index (χ3n) is 8.17. The van der Waals surface area contributed by atoms with Crippen molar-refractivity contribution in [1.29, 1.82) is 0 Å². The van der Waals surface area contributed by atoms with E-state index in [9.17, 15) is 29.1 Å². The van der Waals surface area contributed by atoms with Gasteiger partial charge in [-0.25, -0.2) is 4.79 Å². The highest BCUT2D eigenvalue weighted by molar-refractivity contribution is 7.98. The van der Waals surface area contributed by atoms with Crippen LogP contribution in [0.15, 0.2) is 30.3 Å². The number of alkyl carbamates (subject to hydrolysis) is 1. The molecule has 0 saturated heterocycles. The SMILES string of the molecule is CSCC[C@@H](NC(=O)[C@H](CC(C)C)NC(=O)OC(C)(C)C)C(=O)N[C@@H](CC(C)C)[C@@H](O)C[C@@H](C)C(=O)N[C@@H](CC(C)C)C(=O)NCc1ccccc1. The summed E-state index contributed by atoms with van der Waals surface area (Å²) in [4.78, 5) is 66.3. The van der Waals surface area contributed by atoms with Crippen LogP contribution >= 0.6 is 11.8 Å². The fraction of sp³-hybridized carbons (Fsp3) is 0.718. The Hall–Kier alpha value is -3.32. The molecule has 0 aliphatic carbocycles. The first-order valence-corrected chi connectivity index (χ1v) is 20.0. The number of carbonyl (C=O) groups excluding carboxylic acids is 5. The summed E-state index contributed by atoms with van der Waals surface area (Å²) in [5.74, 6) is -1.38. The van der Waals surface area contributed by atoms with Crippen LogP contribution in [-0.2, 0) is 30.5 Å². The van der Waals surface area contributed by atoms with Crippen LogP contribution in [-0.4, -0.2) is 82.7 Å². The van der Waals surface area contributed by atoms with E-state index < -0.39 is 59.7 Å². The molecule has 0 unspecified atom stereocenters. The van der Waals surface area contributed by atoms with Gasteiger partial charge in [0.15, 0.2) is 0 Å². The van der Waals surface area contributed by atoms with Crippen molar-refractivity contribution in [3.05, 3.63) is 35.9 Å². The molecule has 1 rings (SSSR count). The van der Waals surface area contributed by atoms with E-state index in [1.807, 2.05) is 78.1 Å². The van der Waals surface area contributed by atoms with Crippen LogP contribution in [0.5, 0.6) is 0 Å². The number of ether oxygens (including phenoxy) is 1. The molecule has 0 aromatic heterocycles. The van der Waals surface area contributed by atoms with E-state index in [2.05, 4.69) is 26.6 Å². The average molecular weight is 750 g/mol. The molecule has 5 amide bonds. The molecule has 0 spiro atoms. The van der Waals surface area contributed by atoms with Crippen LogP contribution < -0.4 is 26.6 Å². The number of rotatable bonds is 22. The molecule has 0 heterocycles. The Kier molecular flexibility index (Phi) is 21.0. The lowest BCUT2D eigenvalue weighted by molar-refractivity contribution is -0.132.